The van der Waals surface area contributed by atoms with Crippen LogP contribution in [-0.2, 0) is 4.79 Å². The number of carbonyl (C=O) groups is 1. The van der Waals surface area contributed by atoms with Crippen molar-refractivity contribution in [3.8, 4) is 22.8 Å². The number of para-hydroxylation sites is 1. The van der Waals surface area contributed by atoms with E-state index >= 15 is 0 Å². The number of nitrogens with one attached hydrogen (secondary N) is 1. The SMILES string of the molecule is COc1ccc(-c2nc(NC(=O)COc3ccccc3C)sc2C)cc1C. The summed E-state index contributed by atoms with van der Waals surface area (Å²) in [6, 6.07) is 13.5. The molecule has 0 aliphatic heterocycles. The molecule has 0 aliphatic rings. The van der Waals surface area contributed by atoms with Gasteiger partial charge in [0.15, 0.2) is 11.7 Å². The molecule has 0 aliphatic carbocycles. The third-order valence-electron chi connectivity index (χ3n) is 4.16. The fourth-order valence-corrected chi connectivity index (χ4v) is 3.61. The van der Waals surface area contributed by atoms with E-state index in [9.17, 15) is 4.79 Å². The van der Waals surface area contributed by atoms with Gasteiger partial charge in [0.2, 0.25) is 0 Å². The molecule has 0 radical (unpaired) electrons. The number of amides is 1. The normalized spacial score (nSPS) is 10.5. The highest BCUT2D eigenvalue weighted by molar-refractivity contribution is 7.16. The van der Waals surface area contributed by atoms with E-state index in [2.05, 4.69) is 10.3 Å². The Morgan fingerprint density at radius 1 is 1.07 bits per heavy atom. The van der Waals surface area contributed by atoms with Crippen molar-refractivity contribution in [3.63, 3.8) is 0 Å². The minimum absolute atomic E-state index is 0.0551. The van der Waals surface area contributed by atoms with Gasteiger partial charge in [0.25, 0.3) is 5.91 Å². The Kier molecular flexibility index (Phi) is 5.76. The van der Waals surface area contributed by atoms with E-state index in [4.69, 9.17) is 9.47 Å². The Labute approximate surface area is 163 Å². The Morgan fingerprint density at radius 2 is 1.85 bits per heavy atom. The van der Waals surface area contributed by atoms with E-state index in [0.717, 1.165) is 33.0 Å². The summed E-state index contributed by atoms with van der Waals surface area (Å²) in [5.74, 6) is 1.32. The average molecular weight is 382 g/mol. The lowest BCUT2D eigenvalue weighted by Crippen LogP contribution is -2.20. The number of nitrogens with zero attached hydrogens (tertiary/aromatic N) is 1. The average Bonchev–Trinajstić information content (AvgIpc) is 3.01. The number of methoxy groups -OCH3 is 1. The van der Waals surface area contributed by atoms with Crippen LogP contribution in [0.3, 0.4) is 0 Å². The number of hydrogen-bond acceptors (Lipinski definition) is 5. The number of aromatic nitrogens is 1. The zero-order valence-corrected chi connectivity index (χ0v) is 16.6. The lowest BCUT2D eigenvalue weighted by molar-refractivity contribution is -0.118. The van der Waals surface area contributed by atoms with Crippen LogP contribution < -0.4 is 14.8 Å². The van der Waals surface area contributed by atoms with E-state index in [-0.39, 0.29) is 12.5 Å². The molecule has 0 atom stereocenters. The monoisotopic (exact) mass is 382 g/mol. The molecule has 0 saturated carbocycles. The van der Waals surface area contributed by atoms with Gasteiger partial charge >= 0.3 is 0 Å². The lowest BCUT2D eigenvalue weighted by Gasteiger charge is -2.08. The maximum Gasteiger partial charge on any atom is 0.264 e. The summed E-state index contributed by atoms with van der Waals surface area (Å²) in [5, 5.41) is 3.38. The molecule has 1 amide bonds. The number of hydrogen-bond donors (Lipinski definition) is 1. The molecule has 3 aromatic rings. The Hall–Kier alpha value is -2.86. The molecule has 0 unspecified atom stereocenters. The van der Waals surface area contributed by atoms with Crippen LogP contribution in [0.4, 0.5) is 5.13 Å². The third kappa shape index (κ3) is 4.46. The molecule has 1 aromatic heterocycles. The third-order valence-corrected chi connectivity index (χ3v) is 5.05. The molecule has 0 saturated heterocycles. The fourth-order valence-electron chi connectivity index (χ4n) is 2.76. The number of benzene rings is 2. The molecule has 3 rings (SSSR count). The number of ether oxygens (including phenoxy) is 2. The Morgan fingerprint density at radius 3 is 2.56 bits per heavy atom. The standard InChI is InChI=1S/C21H22N2O3S/c1-13-7-5-6-8-18(13)26-12-19(24)22-21-23-20(15(3)27-21)16-9-10-17(25-4)14(2)11-16/h5-11H,12H2,1-4H3,(H,22,23,24). The summed E-state index contributed by atoms with van der Waals surface area (Å²) in [5.41, 5.74) is 3.90. The van der Waals surface area contributed by atoms with E-state index in [1.807, 2.05) is 63.2 Å². The predicted molar refractivity (Wildman–Crippen MR) is 109 cm³/mol. The fraction of sp³-hybridized carbons (Fsp3) is 0.238. The molecular weight excluding hydrogens is 360 g/mol. The van der Waals surface area contributed by atoms with Gasteiger partial charge in [0, 0.05) is 10.4 Å². The van der Waals surface area contributed by atoms with Crippen LogP contribution in [0.15, 0.2) is 42.5 Å². The van der Waals surface area contributed by atoms with Gasteiger partial charge in [-0.25, -0.2) is 4.98 Å². The lowest BCUT2D eigenvalue weighted by atomic mass is 10.1. The Bertz CT molecular complexity index is 966. The minimum Gasteiger partial charge on any atom is -0.496 e. The van der Waals surface area contributed by atoms with Crippen molar-refractivity contribution < 1.29 is 14.3 Å². The molecule has 0 spiro atoms. The van der Waals surface area contributed by atoms with Crippen LogP contribution in [0.2, 0.25) is 0 Å². The van der Waals surface area contributed by atoms with Gasteiger partial charge in [0.1, 0.15) is 11.5 Å². The van der Waals surface area contributed by atoms with Gasteiger partial charge in [-0.05, 0) is 56.2 Å². The molecule has 6 heteroatoms. The molecule has 0 bridgehead atoms. The number of anilines is 1. The first-order valence-electron chi connectivity index (χ1n) is 8.58. The number of thiazole rings is 1. The molecule has 1 N–H and O–H groups in total. The number of aryl methyl sites for hydroxylation is 3. The zero-order valence-electron chi connectivity index (χ0n) is 15.8. The highest BCUT2D eigenvalue weighted by atomic mass is 32.1. The second-order valence-corrected chi connectivity index (χ2v) is 7.41. The topological polar surface area (TPSA) is 60.5 Å². The summed E-state index contributed by atoms with van der Waals surface area (Å²) in [7, 11) is 1.66. The highest BCUT2D eigenvalue weighted by Crippen LogP contribution is 2.32. The summed E-state index contributed by atoms with van der Waals surface area (Å²) < 4.78 is 10.9. The van der Waals surface area contributed by atoms with Crippen LogP contribution in [0.5, 0.6) is 11.5 Å². The number of carbonyl (C=O) groups excluding carboxylic acids is 1. The van der Waals surface area contributed by atoms with Gasteiger partial charge in [-0.1, -0.05) is 18.2 Å². The molecule has 5 nitrogen and oxygen atoms in total. The van der Waals surface area contributed by atoms with Crippen molar-refractivity contribution >= 4 is 22.4 Å². The summed E-state index contributed by atoms with van der Waals surface area (Å²) in [6.07, 6.45) is 0. The second-order valence-electron chi connectivity index (χ2n) is 6.21. The zero-order chi connectivity index (χ0) is 19.4. The van der Waals surface area contributed by atoms with Gasteiger partial charge in [0.05, 0.1) is 12.8 Å². The van der Waals surface area contributed by atoms with Gasteiger partial charge in [-0.15, -0.1) is 11.3 Å². The van der Waals surface area contributed by atoms with E-state index in [0.29, 0.717) is 10.9 Å². The quantitative estimate of drug-likeness (QED) is 0.668. The second kappa shape index (κ2) is 8.22. The Balaban J connectivity index is 1.68. The predicted octanol–water partition coefficient (Wildman–Crippen LogP) is 4.76. The van der Waals surface area contributed by atoms with Crippen molar-refractivity contribution in [2.75, 3.05) is 19.0 Å². The van der Waals surface area contributed by atoms with Crippen molar-refractivity contribution in [1.82, 2.24) is 4.98 Å². The van der Waals surface area contributed by atoms with Crippen LogP contribution in [0.25, 0.3) is 11.3 Å². The maximum absolute atomic E-state index is 12.2. The van der Waals surface area contributed by atoms with E-state index in [1.54, 1.807) is 7.11 Å². The summed E-state index contributed by atoms with van der Waals surface area (Å²) in [6.45, 7) is 5.88. The summed E-state index contributed by atoms with van der Waals surface area (Å²) in [4.78, 5) is 17.8. The van der Waals surface area contributed by atoms with Gasteiger partial charge in [-0.2, -0.15) is 0 Å². The van der Waals surface area contributed by atoms with Crippen LogP contribution in [-0.4, -0.2) is 24.6 Å². The van der Waals surface area contributed by atoms with E-state index < -0.39 is 0 Å². The van der Waals surface area contributed by atoms with Crippen molar-refractivity contribution in [3.05, 3.63) is 58.5 Å². The molecule has 0 fully saturated rings. The summed E-state index contributed by atoms with van der Waals surface area (Å²) >= 11 is 1.45. The molecule has 2 aromatic carbocycles. The smallest absolute Gasteiger partial charge is 0.264 e. The largest absolute Gasteiger partial charge is 0.496 e. The molecule has 140 valence electrons. The minimum atomic E-state index is -0.232. The van der Waals surface area contributed by atoms with E-state index in [1.165, 1.54) is 11.3 Å². The first kappa shape index (κ1) is 18.9. The van der Waals surface area contributed by atoms with Gasteiger partial charge < -0.3 is 9.47 Å². The first-order chi connectivity index (χ1) is 13.0. The number of rotatable bonds is 6. The maximum atomic E-state index is 12.2. The van der Waals surface area contributed by atoms with Crippen LogP contribution >= 0.6 is 11.3 Å². The van der Waals surface area contributed by atoms with Crippen molar-refractivity contribution in [2.45, 2.75) is 20.8 Å². The molecular formula is C21H22N2O3S. The van der Waals surface area contributed by atoms with Crippen molar-refractivity contribution in [1.29, 1.82) is 0 Å². The van der Waals surface area contributed by atoms with Crippen LogP contribution in [0.1, 0.15) is 16.0 Å². The van der Waals surface area contributed by atoms with Crippen molar-refractivity contribution in [2.24, 2.45) is 0 Å². The highest BCUT2D eigenvalue weighted by Gasteiger charge is 2.14. The molecule has 27 heavy (non-hydrogen) atoms. The molecule has 1 heterocycles. The van der Waals surface area contributed by atoms with Crippen LogP contribution in [0, 0.1) is 20.8 Å². The van der Waals surface area contributed by atoms with Gasteiger partial charge in [-0.3, -0.25) is 10.1 Å². The first-order valence-corrected chi connectivity index (χ1v) is 9.40.